The second kappa shape index (κ2) is 5.92. The Kier molecular flexibility index (Phi) is 5.63. The maximum absolute atomic E-state index is 10.1. The molecular formula is C11H20O2. The van der Waals surface area contributed by atoms with Crippen molar-refractivity contribution < 1.29 is 9.90 Å². The van der Waals surface area contributed by atoms with Gasteiger partial charge in [0.2, 0.25) is 0 Å². The van der Waals surface area contributed by atoms with E-state index in [-0.39, 0.29) is 0 Å². The number of aliphatic hydroxyl groups is 1. The molecule has 76 valence electrons. The molecule has 0 radical (unpaired) electrons. The van der Waals surface area contributed by atoms with Crippen molar-refractivity contribution in [3.05, 3.63) is 11.6 Å². The van der Waals surface area contributed by atoms with Crippen molar-refractivity contribution in [2.45, 2.75) is 52.1 Å². The molecule has 0 aromatic carbocycles. The van der Waals surface area contributed by atoms with Crippen molar-refractivity contribution in [2.24, 2.45) is 0 Å². The second-order valence-electron chi connectivity index (χ2n) is 4.02. The molecule has 0 aromatic rings. The summed E-state index contributed by atoms with van der Waals surface area (Å²) in [6.45, 7) is 5.87. The van der Waals surface area contributed by atoms with Gasteiger partial charge < -0.3 is 9.90 Å². The number of aldehydes is 1. The summed E-state index contributed by atoms with van der Waals surface area (Å²) in [5, 5.41) is 9.77. The molecule has 0 heterocycles. The number of hydrogen-bond donors (Lipinski definition) is 1. The van der Waals surface area contributed by atoms with E-state index in [1.165, 1.54) is 5.57 Å². The molecule has 0 amide bonds. The lowest BCUT2D eigenvalue weighted by molar-refractivity contribution is -0.109. The molecule has 0 rings (SSSR count). The zero-order chi connectivity index (χ0) is 10.3. The van der Waals surface area contributed by atoms with Crippen LogP contribution in [0.15, 0.2) is 11.6 Å². The lowest BCUT2D eigenvalue weighted by Gasteiger charge is -2.21. The van der Waals surface area contributed by atoms with Gasteiger partial charge in [0.15, 0.2) is 0 Å². The highest BCUT2D eigenvalue weighted by atomic mass is 16.3. The predicted molar refractivity (Wildman–Crippen MR) is 54.6 cm³/mol. The number of allylic oxidation sites excluding steroid dienone is 2. The minimum Gasteiger partial charge on any atom is -0.390 e. The van der Waals surface area contributed by atoms with Crippen LogP contribution in [0.2, 0.25) is 0 Å². The summed E-state index contributed by atoms with van der Waals surface area (Å²) < 4.78 is 0. The van der Waals surface area contributed by atoms with Gasteiger partial charge in [-0.2, -0.15) is 0 Å². The summed E-state index contributed by atoms with van der Waals surface area (Å²) in [5.41, 5.74) is 0.582. The first-order valence-electron chi connectivity index (χ1n) is 4.77. The zero-order valence-electron chi connectivity index (χ0n) is 8.84. The van der Waals surface area contributed by atoms with Crippen LogP contribution in [-0.4, -0.2) is 17.0 Å². The molecule has 0 aliphatic rings. The molecule has 1 N–H and O–H groups in total. The number of rotatable bonds is 6. The number of hydrogen-bond acceptors (Lipinski definition) is 2. The van der Waals surface area contributed by atoms with Crippen LogP contribution in [0.25, 0.3) is 0 Å². The summed E-state index contributed by atoms with van der Waals surface area (Å²) in [4.78, 5) is 10.1. The van der Waals surface area contributed by atoms with E-state index >= 15 is 0 Å². The van der Waals surface area contributed by atoms with E-state index in [2.05, 4.69) is 6.08 Å². The fraction of sp³-hybridized carbons (Fsp3) is 0.727. The predicted octanol–water partition coefficient (Wildman–Crippen LogP) is 2.46. The first-order valence-corrected chi connectivity index (χ1v) is 4.77. The molecule has 0 bridgehead atoms. The van der Waals surface area contributed by atoms with Gasteiger partial charge in [-0.25, -0.2) is 0 Å². The van der Waals surface area contributed by atoms with Gasteiger partial charge in [0, 0.05) is 6.42 Å². The average molecular weight is 184 g/mol. The lowest BCUT2D eigenvalue weighted by Crippen LogP contribution is -2.23. The van der Waals surface area contributed by atoms with Crippen LogP contribution in [0, 0.1) is 0 Å². The molecule has 0 spiro atoms. The van der Waals surface area contributed by atoms with Gasteiger partial charge in [0.1, 0.15) is 6.29 Å². The third-order valence-electron chi connectivity index (χ3n) is 2.04. The molecule has 0 aliphatic heterocycles. The largest absolute Gasteiger partial charge is 0.390 e. The summed E-state index contributed by atoms with van der Waals surface area (Å²) in [6, 6.07) is 0. The Morgan fingerprint density at radius 3 is 2.31 bits per heavy atom. The smallest absolute Gasteiger partial charge is 0.120 e. The molecule has 0 fully saturated rings. The Bertz CT molecular complexity index is 177. The first-order chi connectivity index (χ1) is 5.98. The normalized spacial score (nSPS) is 14.8. The van der Waals surface area contributed by atoms with E-state index < -0.39 is 5.60 Å². The Hall–Kier alpha value is -0.630. The van der Waals surface area contributed by atoms with Gasteiger partial charge in [-0.3, -0.25) is 0 Å². The molecule has 1 unspecified atom stereocenters. The van der Waals surface area contributed by atoms with E-state index in [0.29, 0.717) is 12.8 Å². The van der Waals surface area contributed by atoms with E-state index in [0.717, 1.165) is 19.1 Å². The highest BCUT2D eigenvalue weighted by molar-refractivity contribution is 5.49. The van der Waals surface area contributed by atoms with E-state index in [1.807, 2.05) is 13.8 Å². The molecule has 0 saturated heterocycles. The minimum absolute atomic E-state index is 0.446. The van der Waals surface area contributed by atoms with Crippen molar-refractivity contribution in [1.29, 1.82) is 0 Å². The summed E-state index contributed by atoms with van der Waals surface area (Å²) in [5.74, 6) is 0. The fourth-order valence-electron chi connectivity index (χ4n) is 1.17. The standard InChI is InChI=1S/C11H20O2/c1-10(2)6-4-7-11(3,13)8-5-9-12/h6,9,13H,4-5,7-8H2,1-3H3. The topological polar surface area (TPSA) is 37.3 Å². The second-order valence-corrected chi connectivity index (χ2v) is 4.02. The van der Waals surface area contributed by atoms with Crippen LogP contribution in [0.1, 0.15) is 46.5 Å². The van der Waals surface area contributed by atoms with Gasteiger partial charge >= 0.3 is 0 Å². The Morgan fingerprint density at radius 1 is 1.31 bits per heavy atom. The number of carbonyl (C=O) groups is 1. The van der Waals surface area contributed by atoms with Crippen LogP contribution in [0.5, 0.6) is 0 Å². The van der Waals surface area contributed by atoms with E-state index in [9.17, 15) is 9.90 Å². The van der Waals surface area contributed by atoms with Crippen molar-refractivity contribution in [3.8, 4) is 0 Å². The molecule has 13 heavy (non-hydrogen) atoms. The Morgan fingerprint density at radius 2 is 1.85 bits per heavy atom. The molecular weight excluding hydrogens is 164 g/mol. The van der Waals surface area contributed by atoms with Crippen molar-refractivity contribution in [1.82, 2.24) is 0 Å². The highest BCUT2D eigenvalue weighted by Crippen LogP contribution is 2.18. The van der Waals surface area contributed by atoms with Crippen molar-refractivity contribution >= 4 is 6.29 Å². The summed E-state index contributed by atoms with van der Waals surface area (Å²) >= 11 is 0. The van der Waals surface area contributed by atoms with Crippen LogP contribution in [-0.2, 0) is 4.79 Å². The zero-order valence-corrected chi connectivity index (χ0v) is 8.84. The van der Waals surface area contributed by atoms with Crippen molar-refractivity contribution in [3.63, 3.8) is 0 Å². The SMILES string of the molecule is CC(C)=CCCC(C)(O)CCC=O. The third kappa shape index (κ3) is 7.72. The minimum atomic E-state index is -0.688. The molecule has 1 atom stereocenters. The summed E-state index contributed by atoms with van der Waals surface area (Å²) in [7, 11) is 0. The number of carbonyl (C=O) groups excluding carboxylic acids is 1. The summed E-state index contributed by atoms with van der Waals surface area (Å²) in [6.07, 6.45) is 5.58. The van der Waals surface area contributed by atoms with Gasteiger partial charge in [-0.1, -0.05) is 11.6 Å². The molecule has 0 aromatic heterocycles. The van der Waals surface area contributed by atoms with E-state index in [4.69, 9.17) is 0 Å². The van der Waals surface area contributed by atoms with Crippen LogP contribution < -0.4 is 0 Å². The van der Waals surface area contributed by atoms with E-state index in [1.54, 1.807) is 6.92 Å². The third-order valence-corrected chi connectivity index (χ3v) is 2.04. The van der Waals surface area contributed by atoms with Gasteiger partial charge in [0.05, 0.1) is 5.60 Å². The maximum Gasteiger partial charge on any atom is 0.120 e. The molecule has 2 nitrogen and oxygen atoms in total. The molecule has 0 saturated carbocycles. The Labute approximate surface area is 80.7 Å². The molecule has 0 aliphatic carbocycles. The first kappa shape index (κ1) is 12.4. The van der Waals surface area contributed by atoms with Crippen LogP contribution in [0.3, 0.4) is 0 Å². The molecule has 2 heteroatoms. The van der Waals surface area contributed by atoms with Crippen molar-refractivity contribution in [2.75, 3.05) is 0 Å². The fourth-order valence-corrected chi connectivity index (χ4v) is 1.17. The van der Waals surface area contributed by atoms with Crippen LogP contribution in [0.4, 0.5) is 0 Å². The van der Waals surface area contributed by atoms with Crippen LogP contribution >= 0.6 is 0 Å². The monoisotopic (exact) mass is 184 g/mol. The van der Waals surface area contributed by atoms with Gasteiger partial charge in [-0.15, -0.1) is 0 Å². The average Bonchev–Trinajstić information content (AvgIpc) is 2.00. The van der Waals surface area contributed by atoms with Gasteiger partial charge in [0.25, 0.3) is 0 Å². The quantitative estimate of drug-likeness (QED) is 0.508. The lowest BCUT2D eigenvalue weighted by atomic mass is 9.94. The Balaban J connectivity index is 3.74. The van der Waals surface area contributed by atoms with Gasteiger partial charge in [-0.05, 0) is 40.0 Å². The maximum atomic E-state index is 10.1. The highest BCUT2D eigenvalue weighted by Gasteiger charge is 2.18.